The SMILES string of the molecule is CC(C)CC1(C)OCC2OCC(C=O)C2O1. The highest BCUT2D eigenvalue weighted by Crippen LogP contribution is 2.35. The van der Waals surface area contributed by atoms with Gasteiger partial charge >= 0.3 is 0 Å². The summed E-state index contributed by atoms with van der Waals surface area (Å²) in [6.45, 7) is 7.19. The Morgan fingerprint density at radius 3 is 2.81 bits per heavy atom. The molecule has 4 nitrogen and oxygen atoms in total. The first kappa shape index (κ1) is 12.0. The molecule has 2 saturated heterocycles. The van der Waals surface area contributed by atoms with Gasteiger partial charge in [0.05, 0.1) is 19.1 Å². The van der Waals surface area contributed by atoms with Crippen LogP contribution in [0.4, 0.5) is 0 Å². The van der Waals surface area contributed by atoms with Crippen LogP contribution in [0, 0.1) is 11.8 Å². The molecule has 0 N–H and O–H groups in total. The maximum absolute atomic E-state index is 10.9. The van der Waals surface area contributed by atoms with Gasteiger partial charge in [0.2, 0.25) is 0 Å². The number of ether oxygens (including phenoxy) is 3. The molecule has 2 aliphatic heterocycles. The van der Waals surface area contributed by atoms with Crippen molar-refractivity contribution in [1.82, 2.24) is 0 Å². The van der Waals surface area contributed by atoms with Gasteiger partial charge in [-0.25, -0.2) is 0 Å². The minimum Gasteiger partial charge on any atom is -0.372 e. The van der Waals surface area contributed by atoms with Crippen LogP contribution in [0.5, 0.6) is 0 Å². The standard InChI is InChI=1S/C12H20O4/c1-8(2)4-12(3)15-7-10-11(16-12)9(5-13)6-14-10/h5,8-11H,4,6-7H2,1-3H3. The normalized spacial score (nSPS) is 43.4. The number of rotatable bonds is 3. The van der Waals surface area contributed by atoms with E-state index in [1.165, 1.54) is 0 Å². The van der Waals surface area contributed by atoms with E-state index in [0.717, 1.165) is 12.7 Å². The van der Waals surface area contributed by atoms with E-state index < -0.39 is 5.79 Å². The second-order valence-corrected chi connectivity index (χ2v) is 5.30. The molecule has 0 aromatic heterocycles. The molecular weight excluding hydrogens is 208 g/mol. The molecule has 4 atom stereocenters. The van der Waals surface area contributed by atoms with Gasteiger partial charge < -0.3 is 19.0 Å². The van der Waals surface area contributed by atoms with Crippen LogP contribution < -0.4 is 0 Å². The van der Waals surface area contributed by atoms with Crippen molar-refractivity contribution in [1.29, 1.82) is 0 Å². The van der Waals surface area contributed by atoms with Gasteiger partial charge in [0, 0.05) is 6.42 Å². The first-order valence-electron chi connectivity index (χ1n) is 5.93. The molecule has 0 aromatic rings. The van der Waals surface area contributed by atoms with Crippen LogP contribution >= 0.6 is 0 Å². The lowest BCUT2D eigenvalue weighted by Crippen LogP contribution is -2.51. The van der Waals surface area contributed by atoms with Gasteiger partial charge in [-0.1, -0.05) is 13.8 Å². The summed E-state index contributed by atoms with van der Waals surface area (Å²) >= 11 is 0. The van der Waals surface area contributed by atoms with Gasteiger partial charge in [0.15, 0.2) is 5.79 Å². The van der Waals surface area contributed by atoms with Gasteiger partial charge in [-0.05, 0) is 12.8 Å². The smallest absolute Gasteiger partial charge is 0.166 e. The van der Waals surface area contributed by atoms with Crippen LogP contribution in [-0.2, 0) is 19.0 Å². The average Bonchev–Trinajstić information content (AvgIpc) is 2.57. The molecule has 0 amide bonds. The fourth-order valence-corrected chi connectivity index (χ4v) is 2.55. The Bertz CT molecular complexity index is 266. The lowest BCUT2D eigenvalue weighted by molar-refractivity contribution is -0.310. The molecule has 92 valence electrons. The van der Waals surface area contributed by atoms with Crippen molar-refractivity contribution in [2.75, 3.05) is 13.2 Å². The fourth-order valence-electron chi connectivity index (χ4n) is 2.55. The minimum atomic E-state index is -0.565. The van der Waals surface area contributed by atoms with Crippen LogP contribution in [0.15, 0.2) is 0 Å². The van der Waals surface area contributed by atoms with E-state index in [4.69, 9.17) is 14.2 Å². The second kappa shape index (κ2) is 4.43. The number of hydrogen-bond acceptors (Lipinski definition) is 4. The third-order valence-corrected chi connectivity index (χ3v) is 3.18. The molecule has 0 aromatic carbocycles. The highest BCUT2D eigenvalue weighted by molar-refractivity contribution is 5.55. The molecule has 0 saturated carbocycles. The first-order chi connectivity index (χ1) is 7.54. The lowest BCUT2D eigenvalue weighted by atomic mass is 9.98. The van der Waals surface area contributed by atoms with Crippen molar-refractivity contribution < 1.29 is 19.0 Å². The molecule has 2 rings (SSSR count). The van der Waals surface area contributed by atoms with Gasteiger partial charge in [-0.2, -0.15) is 0 Å². The Balaban J connectivity index is 2.04. The molecule has 0 aliphatic carbocycles. The van der Waals surface area contributed by atoms with Crippen LogP contribution in [0.25, 0.3) is 0 Å². The Hall–Kier alpha value is -0.450. The summed E-state index contributed by atoms with van der Waals surface area (Å²) in [4.78, 5) is 10.9. The van der Waals surface area contributed by atoms with E-state index in [0.29, 0.717) is 19.1 Å². The van der Waals surface area contributed by atoms with Crippen LogP contribution in [0.1, 0.15) is 27.2 Å². The van der Waals surface area contributed by atoms with Crippen molar-refractivity contribution in [3.63, 3.8) is 0 Å². The number of aldehydes is 1. The Morgan fingerprint density at radius 1 is 1.44 bits per heavy atom. The minimum absolute atomic E-state index is 0.0737. The Kier molecular flexibility index (Phi) is 3.33. The third-order valence-electron chi connectivity index (χ3n) is 3.18. The maximum atomic E-state index is 10.9. The van der Waals surface area contributed by atoms with Crippen LogP contribution in [0.3, 0.4) is 0 Å². The number of hydrogen-bond donors (Lipinski definition) is 0. The number of carbonyl (C=O) groups excluding carboxylic acids is 1. The molecule has 4 unspecified atom stereocenters. The van der Waals surface area contributed by atoms with E-state index in [1.807, 2.05) is 6.92 Å². The summed E-state index contributed by atoms with van der Waals surface area (Å²) in [6, 6.07) is 0. The third kappa shape index (κ3) is 2.29. The zero-order chi connectivity index (χ0) is 11.8. The quantitative estimate of drug-likeness (QED) is 0.684. The highest BCUT2D eigenvalue weighted by atomic mass is 16.7. The summed E-state index contributed by atoms with van der Waals surface area (Å²) in [6.07, 6.45) is 1.57. The zero-order valence-electron chi connectivity index (χ0n) is 10.1. The Labute approximate surface area is 96.2 Å². The van der Waals surface area contributed by atoms with Crippen molar-refractivity contribution in [2.45, 2.75) is 45.2 Å². The van der Waals surface area contributed by atoms with E-state index in [-0.39, 0.29) is 18.1 Å². The monoisotopic (exact) mass is 228 g/mol. The van der Waals surface area contributed by atoms with E-state index in [9.17, 15) is 4.79 Å². The molecule has 2 aliphatic rings. The van der Waals surface area contributed by atoms with E-state index in [2.05, 4.69) is 13.8 Å². The van der Waals surface area contributed by atoms with Gasteiger partial charge in [-0.15, -0.1) is 0 Å². The summed E-state index contributed by atoms with van der Waals surface area (Å²) < 4.78 is 17.1. The van der Waals surface area contributed by atoms with Crippen molar-refractivity contribution in [3.05, 3.63) is 0 Å². The van der Waals surface area contributed by atoms with E-state index >= 15 is 0 Å². The Morgan fingerprint density at radius 2 is 2.19 bits per heavy atom. The van der Waals surface area contributed by atoms with Crippen LogP contribution in [0.2, 0.25) is 0 Å². The fraction of sp³-hybridized carbons (Fsp3) is 0.917. The zero-order valence-corrected chi connectivity index (χ0v) is 10.1. The van der Waals surface area contributed by atoms with Crippen molar-refractivity contribution >= 4 is 6.29 Å². The highest BCUT2D eigenvalue weighted by Gasteiger charge is 2.47. The van der Waals surface area contributed by atoms with Gasteiger partial charge in [0.25, 0.3) is 0 Å². The van der Waals surface area contributed by atoms with Crippen molar-refractivity contribution in [3.8, 4) is 0 Å². The summed E-state index contributed by atoms with van der Waals surface area (Å²) in [5.41, 5.74) is 0. The molecule has 0 bridgehead atoms. The summed E-state index contributed by atoms with van der Waals surface area (Å²) in [5.74, 6) is -0.205. The molecule has 2 fully saturated rings. The molecule has 0 radical (unpaired) electrons. The topological polar surface area (TPSA) is 44.8 Å². The second-order valence-electron chi connectivity index (χ2n) is 5.30. The molecule has 16 heavy (non-hydrogen) atoms. The van der Waals surface area contributed by atoms with Crippen molar-refractivity contribution in [2.24, 2.45) is 11.8 Å². The predicted octanol–water partition coefficient (Wildman–Crippen LogP) is 1.38. The average molecular weight is 228 g/mol. The summed E-state index contributed by atoms with van der Waals surface area (Å²) in [5, 5.41) is 0. The first-order valence-corrected chi connectivity index (χ1v) is 5.93. The molecule has 4 heteroatoms. The largest absolute Gasteiger partial charge is 0.372 e. The van der Waals surface area contributed by atoms with Crippen LogP contribution in [-0.4, -0.2) is 37.5 Å². The lowest BCUT2D eigenvalue weighted by Gasteiger charge is -2.41. The number of carbonyl (C=O) groups is 1. The van der Waals surface area contributed by atoms with E-state index in [1.54, 1.807) is 0 Å². The van der Waals surface area contributed by atoms with Gasteiger partial charge in [-0.3, -0.25) is 0 Å². The maximum Gasteiger partial charge on any atom is 0.166 e. The predicted molar refractivity (Wildman–Crippen MR) is 58.0 cm³/mol. The summed E-state index contributed by atoms with van der Waals surface area (Å²) in [7, 11) is 0. The number of fused-ring (bicyclic) bond motifs is 1. The molecule has 2 heterocycles. The molecule has 0 spiro atoms. The van der Waals surface area contributed by atoms with Gasteiger partial charge in [0.1, 0.15) is 18.5 Å². The molecular formula is C12H20O4.